The fourth-order valence-electron chi connectivity index (χ4n) is 0.929. The van der Waals surface area contributed by atoms with Crippen LogP contribution in [0, 0.1) is 3.77 Å². The van der Waals surface area contributed by atoms with Gasteiger partial charge < -0.3 is 9.73 Å². The lowest BCUT2D eigenvalue weighted by Crippen LogP contribution is -2.21. The Morgan fingerprint density at radius 3 is 2.92 bits per heavy atom. The normalized spacial score (nSPS) is 13.2. The second kappa shape index (κ2) is 5.93. The van der Waals surface area contributed by atoms with Gasteiger partial charge in [-0.3, -0.25) is 0 Å². The summed E-state index contributed by atoms with van der Waals surface area (Å²) in [5.41, 5.74) is 0. The molecular formula is C9H14INOS. The lowest BCUT2D eigenvalue weighted by molar-refractivity contribution is 0.464. The standard InChI is InChI=1S/C9H14INOS/c1-7(13-2)5-11-6-8-3-4-9(10)12-8/h3-4,7,11H,5-6H2,1-2H3. The first-order valence-electron chi connectivity index (χ1n) is 4.20. The van der Waals surface area contributed by atoms with E-state index in [0.29, 0.717) is 5.25 Å². The van der Waals surface area contributed by atoms with Crippen molar-refractivity contribution >= 4 is 34.4 Å². The molecule has 0 saturated carbocycles. The predicted molar refractivity (Wildman–Crippen MR) is 66.1 cm³/mol. The van der Waals surface area contributed by atoms with Crippen molar-refractivity contribution in [1.82, 2.24) is 5.32 Å². The van der Waals surface area contributed by atoms with E-state index < -0.39 is 0 Å². The third-order valence-electron chi connectivity index (χ3n) is 1.76. The van der Waals surface area contributed by atoms with Crippen molar-refractivity contribution in [1.29, 1.82) is 0 Å². The number of rotatable bonds is 5. The highest BCUT2D eigenvalue weighted by Crippen LogP contribution is 2.10. The molecular weight excluding hydrogens is 297 g/mol. The van der Waals surface area contributed by atoms with Crippen molar-refractivity contribution in [2.45, 2.75) is 18.7 Å². The third kappa shape index (κ3) is 4.37. The summed E-state index contributed by atoms with van der Waals surface area (Å²) < 4.78 is 6.37. The molecule has 1 aromatic heterocycles. The number of halogens is 1. The highest BCUT2D eigenvalue weighted by Gasteiger charge is 2.01. The van der Waals surface area contributed by atoms with E-state index in [9.17, 15) is 0 Å². The number of thioether (sulfide) groups is 1. The van der Waals surface area contributed by atoms with Gasteiger partial charge >= 0.3 is 0 Å². The molecule has 0 bridgehead atoms. The molecule has 13 heavy (non-hydrogen) atoms. The Morgan fingerprint density at radius 2 is 2.38 bits per heavy atom. The van der Waals surface area contributed by atoms with Crippen molar-refractivity contribution in [3.63, 3.8) is 0 Å². The molecule has 0 aliphatic carbocycles. The minimum atomic E-state index is 0.661. The summed E-state index contributed by atoms with van der Waals surface area (Å²) in [5, 5.41) is 4.01. The molecule has 1 unspecified atom stereocenters. The maximum absolute atomic E-state index is 5.42. The molecule has 0 radical (unpaired) electrons. The van der Waals surface area contributed by atoms with Gasteiger partial charge in [-0.25, -0.2) is 0 Å². The molecule has 1 atom stereocenters. The monoisotopic (exact) mass is 311 g/mol. The van der Waals surface area contributed by atoms with Crippen LogP contribution in [0.25, 0.3) is 0 Å². The predicted octanol–water partition coefficient (Wildman–Crippen LogP) is 2.73. The highest BCUT2D eigenvalue weighted by atomic mass is 127. The molecule has 0 spiro atoms. The number of hydrogen-bond acceptors (Lipinski definition) is 3. The van der Waals surface area contributed by atoms with Gasteiger partial charge in [-0.05, 0) is 41.0 Å². The van der Waals surface area contributed by atoms with Crippen LogP contribution in [0.4, 0.5) is 0 Å². The molecule has 0 aliphatic rings. The van der Waals surface area contributed by atoms with E-state index in [1.807, 2.05) is 23.9 Å². The van der Waals surface area contributed by atoms with Gasteiger partial charge in [-0.15, -0.1) is 0 Å². The Kier molecular flexibility index (Phi) is 5.20. The average Bonchev–Trinajstić information content (AvgIpc) is 2.51. The van der Waals surface area contributed by atoms with Crippen LogP contribution in [0.1, 0.15) is 12.7 Å². The van der Waals surface area contributed by atoms with Crippen molar-refractivity contribution in [3.05, 3.63) is 21.7 Å². The Balaban J connectivity index is 2.20. The van der Waals surface area contributed by atoms with Gasteiger partial charge in [-0.1, -0.05) is 6.92 Å². The largest absolute Gasteiger partial charge is 0.454 e. The molecule has 0 saturated heterocycles. The summed E-state index contributed by atoms with van der Waals surface area (Å²) >= 11 is 4.05. The Labute approximate surface area is 97.0 Å². The van der Waals surface area contributed by atoms with Crippen molar-refractivity contribution < 1.29 is 4.42 Å². The topological polar surface area (TPSA) is 25.2 Å². The van der Waals surface area contributed by atoms with Crippen molar-refractivity contribution in [2.24, 2.45) is 0 Å². The Hall–Kier alpha value is 0.320. The van der Waals surface area contributed by atoms with E-state index in [1.165, 1.54) is 0 Å². The fraction of sp³-hybridized carbons (Fsp3) is 0.556. The van der Waals surface area contributed by atoms with Gasteiger partial charge in [-0.2, -0.15) is 11.8 Å². The van der Waals surface area contributed by atoms with E-state index in [4.69, 9.17) is 4.42 Å². The molecule has 4 heteroatoms. The molecule has 0 amide bonds. The smallest absolute Gasteiger partial charge is 0.164 e. The zero-order chi connectivity index (χ0) is 9.68. The van der Waals surface area contributed by atoms with Crippen LogP contribution in [-0.4, -0.2) is 18.1 Å². The summed E-state index contributed by atoms with van der Waals surface area (Å²) in [5.74, 6) is 1.01. The minimum Gasteiger partial charge on any atom is -0.454 e. The quantitative estimate of drug-likeness (QED) is 0.847. The molecule has 1 heterocycles. The van der Waals surface area contributed by atoms with Crippen LogP contribution in [0.15, 0.2) is 16.5 Å². The maximum atomic E-state index is 5.42. The van der Waals surface area contributed by atoms with Crippen molar-refractivity contribution in [3.8, 4) is 0 Å². The summed E-state index contributed by atoms with van der Waals surface area (Å²) in [4.78, 5) is 0. The second-order valence-corrected chi connectivity index (χ2v) is 5.22. The zero-order valence-corrected chi connectivity index (χ0v) is 10.8. The Bertz CT molecular complexity index is 252. The van der Waals surface area contributed by atoms with Crippen LogP contribution in [0.5, 0.6) is 0 Å². The van der Waals surface area contributed by atoms with Crippen LogP contribution in [0.3, 0.4) is 0 Å². The zero-order valence-electron chi connectivity index (χ0n) is 7.84. The number of hydrogen-bond donors (Lipinski definition) is 1. The molecule has 1 rings (SSSR count). The van der Waals surface area contributed by atoms with E-state index >= 15 is 0 Å². The van der Waals surface area contributed by atoms with Crippen LogP contribution in [0.2, 0.25) is 0 Å². The lowest BCUT2D eigenvalue weighted by Gasteiger charge is -2.07. The lowest BCUT2D eigenvalue weighted by atomic mass is 10.4. The Morgan fingerprint density at radius 1 is 1.62 bits per heavy atom. The van der Waals surface area contributed by atoms with Gasteiger partial charge in [0.25, 0.3) is 0 Å². The minimum absolute atomic E-state index is 0.661. The summed E-state index contributed by atoms with van der Waals surface area (Å²) in [6.45, 7) is 4.07. The van der Waals surface area contributed by atoms with E-state index in [-0.39, 0.29) is 0 Å². The summed E-state index contributed by atoms with van der Waals surface area (Å²) in [7, 11) is 0. The number of nitrogens with one attached hydrogen (secondary N) is 1. The van der Waals surface area contributed by atoms with Gasteiger partial charge in [0.15, 0.2) is 3.77 Å². The fourth-order valence-corrected chi connectivity index (χ4v) is 1.68. The first-order valence-corrected chi connectivity index (χ1v) is 6.56. The average molecular weight is 311 g/mol. The molecule has 2 nitrogen and oxygen atoms in total. The molecule has 74 valence electrons. The SMILES string of the molecule is CSC(C)CNCc1ccc(I)o1. The first kappa shape index (κ1) is 11.4. The van der Waals surface area contributed by atoms with Crippen molar-refractivity contribution in [2.75, 3.05) is 12.8 Å². The van der Waals surface area contributed by atoms with Crippen LogP contribution in [-0.2, 0) is 6.54 Å². The first-order chi connectivity index (χ1) is 6.22. The third-order valence-corrected chi connectivity index (χ3v) is 3.31. The highest BCUT2D eigenvalue weighted by molar-refractivity contribution is 14.1. The van der Waals surface area contributed by atoms with Gasteiger partial charge in [0, 0.05) is 11.8 Å². The molecule has 1 aromatic rings. The molecule has 0 aromatic carbocycles. The second-order valence-electron chi connectivity index (χ2n) is 2.88. The molecule has 0 aliphatic heterocycles. The summed E-state index contributed by atoms with van der Waals surface area (Å²) in [6.07, 6.45) is 2.13. The molecule has 1 N–H and O–H groups in total. The number of furan rings is 1. The van der Waals surface area contributed by atoms with Gasteiger partial charge in [0.2, 0.25) is 0 Å². The molecule has 0 fully saturated rings. The van der Waals surface area contributed by atoms with E-state index in [0.717, 1.165) is 22.6 Å². The van der Waals surface area contributed by atoms with Gasteiger partial charge in [0.05, 0.1) is 6.54 Å². The van der Waals surface area contributed by atoms with Gasteiger partial charge in [0.1, 0.15) is 5.76 Å². The van der Waals surface area contributed by atoms with E-state index in [2.05, 4.69) is 41.1 Å². The summed E-state index contributed by atoms with van der Waals surface area (Å²) in [6, 6.07) is 3.99. The van der Waals surface area contributed by atoms with Crippen LogP contribution < -0.4 is 5.32 Å². The van der Waals surface area contributed by atoms with E-state index in [1.54, 1.807) is 0 Å². The maximum Gasteiger partial charge on any atom is 0.164 e. The van der Waals surface area contributed by atoms with Crippen LogP contribution >= 0.6 is 34.4 Å².